The number of nitrogens with zero attached hydrogens (tertiary/aromatic N) is 1. The Morgan fingerprint density at radius 3 is 2.20 bits per heavy atom. The van der Waals surface area contributed by atoms with E-state index in [4.69, 9.17) is 0 Å². The summed E-state index contributed by atoms with van der Waals surface area (Å²) in [6, 6.07) is 0.101. The Morgan fingerprint density at radius 2 is 1.55 bits per heavy atom. The van der Waals surface area contributed by atoms with E-state index in [9.17, 15) is 4.79 Å². The molecule has 0 aromatic carbocycles. The van der Waals surface area contributed by atoms with Crippen molar-refractivity contribution in [3.8, 4) is 0 Å². The highest BCUT2D eigenvalue weighted by Gasteiger charge is 2.29. The Morgan fingerprint density at radius 1 is 0.950 bits per heavy atom. The van der Waals surface area contributed by atoms with Gasteiger partial charge in [0.05, 0.1) is 12.7 Å². The van der Waals surface area contributed by atoms with Crippen LogP contribution in [0.5, 0.6) is 0 Å². The smallest absolute Gasteiger partial charge is 0.240 e. The van der Waals surface area contributed by atoms with Gasteiger partial charge in [0.25, 0.3) is 0 Å². The van der Waals surface area contributed by atoms with E-state index in [1.807, 2.05) is 4.90 Å². The lowest BCUT2D eigenvalue weighted by atomic mass is 10.1. The quantitative estimate of drug-likeness (QED) is 0.547. The van der Waals surface area contributed by atoms with Crippen molar-refractivity contribution in [3.63, 3.8) is 0 Å². The van der Waals surface area contributed by atoms with Gasteiger partial charge in [-0.05, 0) is 12.8 Å². The average Bonchev–Trinajstić information content (AvgIpc) is 2.80. The highest BCUT2D eigenvalue weighted by Crippen LogP contribution is 2.13. The Bertz CT molecular complexity index is 255. The molecule has 1 unspecified atom stereocenters. The minimum absolute atomic E-state index is 0.101. The topological polar surface area (TPSA) is 32.3 Å². The zero-order valence-corrected chi connectivity index (χ0v) is 13.6. The van der Waals surface area contributed by atoms with Gasteiger partial charge in [0.1, 0.15) is 0 Å². The van der Waals surface area contributed by atoms with Crippen molar-refractivity contribution in [2.45, 2.75) is 90.5 Å². The van der Waals surface area contributed by atoms with Crippen LogP contribution in [-0.2, 0) is 4.79 Å². The molecule has 1 amide bonds. The number of amides is 1. The van der Waals surface area contributed by atoms with Gasteiger partial charge < -0.3 is 4.90 Å². The zero-order chi connectivity index (χ0) is 14.6. The van der Waals surface area contributed by atoms with Gasteiger partial charge in [-0.2, -0.15) is 0 Å². The first kappa shape index (κ1) is 17.5. The van der Waals surface area contributed by atoms with E-state index < -0.39 is 0 Å². The number of carbonyl (C=O) groups excluding carboxylic acids is 1. The maximum Gasteiger partial charge on any atom is 0.240 e. The van der Waals surface area contributed by atoms with Crippen LogP contribution in [0.1, 0.15) is 84.5 Å². The number of unbranched alkanes of at least 4 members (excludes halogenated alkanes) is 8. The molecule has 3 heteroatoms. The number of hydrogen-bond acceptors (Lipinski definition) is 2. The number of hydrogen-bond donors (Lipinski definition) is 1. The van der Waals surface area contributed by atoms with Crippen LogP contribution >= 0.6 is 0 Å². The van der Waals surface area contributed by atoms with Crippen molar-refractivity contribution in [2.75, 3.05) is 13.2 Å². The molecule has 0 radical (unpaired) electrons. The summed E-state index contributed by atoms with van der Waals surface area (Å²) in [6.07, 6.45) is 13.9. The van der Waals surface area contributed by atoms with Crippen molar-refractivity contribution < 1.29 is 4.79 Å². The molecule has 1 rings (SSSR count). The van der Waals surface area contributed by atoms with Crippen LogP contribution < -0.4 is 5.32 Å². The Balaban J connectivity index is 1.98. The summed E-state index contributed by atoms with van der Waals surface area (Å²) < 4.78 is 0. The van der Waals surface area contributed by atoms with Crippen molar-refractivity contribution in [3.05, 3.63) is 0 Å². The lowest BCUT2D eigenvalue weighted by molar-refractivity contribution is -0.129. The molecule has 1 heterocycles. The summed E-state index contributed by atoms with van der Waals surface area (Å²) in [5.41, 5.74) is 0. The van der Waals surface area contributed by atoms with Crippen LogP contribution in [-0.4, -0.2) is 30.1 Å². The van der Waals surface area contributed by atoms with Crippen LogP contribution in [0.2, 0.25) is 0 Å². The molecule has 0 aromatic heterocycles. The van der Waals surface area contributed by atoms with Crippen LogP contribution in [0.25, 0.3) is 0 Å². The predicted molar refractivity (Wildman–Crippen MR) is 85.6 cm³/mol. The molecular weight excluding hydrogens is 248 g/mol. The normalized spacial score (nSPS) is 19.0. The second-order valence-corrected chi connectivity index (χ2v) is 6.13. The van der Waals surface area contributed by atoms with Crippen LogP contribution in [0.15, 0.2) is 0 Å². The Kier molecular flexibility index (Phi) is 9.73. The SMILES string of the molecule is CCCCCCCCCCN1CNC(CCCC)C1=O. The molecule has 118 valence electrons. The summed E-state index contributed by atoms with van der Waals surface area (Å²) in [5.74, 6) is 0.335. The van der Waals surface area contributed by atoms with Gasteiger partial charge in [-0.3, -0.25) is 10.1 Å². The molecule has 0 aromatic rings. The third-order valence-corrected chi connectivity index (χ3v) is 4.27. The van der Waals surface area contributed by atoms with Gasteiger partial charge >= 0.3 is 0 Å². The lowest BCUT2D eigenvalue weighted by Gasteiger charge is -2.15. The zero-order valence-electron chi connectivity index (χ0n) is 13.6. The Hall–Kier alpha value is -0.570. The second-order valence-electron chi connectivity index (χ2n) is 6.13. The highest BCUT2D eigenvalue weighted by atomic mass is 16.2. The van der Waals surface area contributed by atoms with E-state index in [-0.39, 0.29) is 6.04 Å². The molecule has 1 atom stereocenters. The van der Waals surface area contributed by atoms with Gasteiger partial charge in [-0.25, -0.2) is 0 Å². The van der Waals surface area contributed by atoms with Gasteiger partial charge in [0, 0.05) is 6.54 Å². The molecule has 1 aliphatic heterocycles. The maximum absolute atomic E-state index is 12.1. The van der Waals surface area contributed by atoms with Gasteiger partial charge in [0.15, 0.2) is 0 Å². The van der Waals surface area contributed by atoms with E-state index in [2.05, 4.69) is 19.2 Å². The van der Waals surface area contributed by atoms with Crippen molar-refractivity contribution >= 4 is 5.91 Å². The first-order valence-electron chi connectivity index (χ1n) is 8.81. The molecule has 1 N–H and O–H groups in total. The molecule has 0 bridgehead atoms. The van der Waals surface area contributed by atoms with Crippen molar-refractivity contribution in [1.82, 2.24) is 10.2 Å². The van der Waals surface area contributed by atoms with Crippen molar-refractivity contribution in [2.24, 2.45) is 0 Å². The van der Waals surface area contributed by atoms with E-state index in [1.165, 1.54) is 57.8 Å². The van der Waals surface area contributed by atoms with Gasteiger partial charge in [-0.15, -0.1) is 0 Å². The number of nitrogens with one attached hydrogen (secondary N) is 1. The lowest BCUT2D eigenvalue weighted by Crippen LogP contribution is -2.31. The van der Waals surface area contributed by atoms with E-state index >= 15 is 0 Å². The van der Waals surface area contributed by atoms with Gasteiger partial charge in [0.2, 0.25) is 5.91 Å². The first-order valence-corrected chi connectivity index (χ1v) is 8.81. The molecule has 0 spiro atoms. The maximum atomic E-state index is 12.1. The molecule has 1 fully saturated rings. The molecule has 1 saturated heterocycles. The minimum atomic E-state index is 0.101. The molecule has 0 aliphatic carbocycles. The number of rotatable bonds is 12. The first-order chi connectivity index (χ1) is 9.79. The number of carbonyl (C=O) groups is 1. The predicted octanol–water partition coefficient (Wildman–Crippen LogP) is 4.08. The fourth-order valence-electron chi connectivity index (χ4n) is 2.87. The molecule has 0 saturated carbocycles. The summed E-state index contributed by atoms with van der Waals surface area (Å²) in [7, 11) is 0. The average molecular weight is 282 g/mol. The monoisotopic (exact) mass is 282 g/mol. The standard InChI is InChI=1S/C17H34N2O/c1-3-5-7-8-9-10-11-12-14-19-15-18-16(17(19)20)13-6-4-2/h16,18H,3-15H2,1-2H3. The van der Waals surface area contributed by atoms with E-state index in [0.29, 0.717) is 5.91 Å². The van der Waals surface area contributed by atoms with Gasteiger partial charge in [-0.1, -0.05) is 71.6 Å². The summed E-state index contributed by atoms with van der Waals surface area (Å²) >= 11 is 0. The van der Waals surface area contributed by atoms with E-state index in [0.717, 1.165) is 26.1 Å². The minimum Gasteiger partial charge on any atom is -0.329 e. The summed E-state index contributed by atoms with van der Waals surface area (Å²) in [4.78, 5) is 14.1. The molecule has 1 aliphatic rings. The third kappa shape index (κ3) is 6.74. The molecule has 3 nitrogen and oxygen atoms in total. The van der Waals surface area contributed by atoms with Crippen LogP contribution in [0.3, 0.4) is 0 Å². The van der Waals surface area contributed by atoms with Crippen LogP contribution in [0.4, 0.5) is 0 Å². The summed E-state index contributed by atoms with van der Waals surface area (Å²) in [6.45, 7) is 6.15. The Labute approximate surface area is 125 Å². The fraction of sp³-hybridized carbons (Fsp3) is 0.941. The fourth-order valence-corrected chi connectivity index (χ4v) is 2.87. The third-order valence-electron chi connectivity index (χ3n) is 4.27. The van der Waals surface area contributed by atoms with Crippen molar-refractivity contribution in [1.29, 1.82) is 0 Å². The highest BCUT2D eigenvalue weighted by molar-refractivity contribution is 5.83. The molecule has 20 heavy (non-hydrogen) atoms. The second kappa shape index (κ2) is 11.1. The van der Waals surface area contributed by atoms with E-state index in [1.54, 1.807) is 0 Å². The molecular formula is C17H34N2O. The van der Waals surface area contributed by atoms with Crippen LogP contribution in [0, 0.1) is 0 Å². The summed E-state index contributed by atoms with van der Waals surface area (Å²) in [5, 5.41) is 3.34. The largest absolute Gasteiger partial charge is 0.329 e.